The van der Waals surface area contributed by atoms with Gasteiger partial charge in [-0.3, -0.25) is 0 Å². The number of aromatic nitrogens is 1. The molecule has 1 aromatic heterocycles. The number of pyridine rings is 1. The summed E-state index contributed by atoms with van der Waals surface area (Å²) >= 11 is 1.80. The summed E-state index contributed by atoms with van der Waals surface area (Å²) in [4.78, 5) is 4.40. The highest BCUT2D eigenvalue weighted by Gasteiger charge is 2.16. The van der Waals surface area contributed by atoms with E-state index in [1.165, 1.54) is 32.1 Å². The first-order valence-electron chi connectivity index (χ1n) is 5.77. The van der Waals surface area contributed by atoms with Crippen LogP contribution >= 0.6 is 11.8 Å². The van der Waals surface area contributed by atoms with E-state index in [9.17, 15) is 0 Å². The number of thioether (sulfide) groups is 1. The first-order chi connectivity index (χ1) is 7.79. The quantitative estimate of drug-likeness (QED) is 0.879. The van der Waals surface area contributed by atoms with Crippen LogP contribution in [-0.4, -0.2) is 17.3 Å². The van der Waals surface area contributed by atoms with Crippen molar-refractivity contribution in [1.29, 1.82) is 0 Å². The van der Waals surface area contributed by atoms with Gasteiger partial charge in [-0.25, -0.2) is 4.98 Å². The fraction of sp³-hybridized carbons (Fsp3) is 0.583. The number of methoxy groups -OCH3 is 1. The highest BCUT2D eigenvalue weighted by atomic mass is 32.2. The first-order valence-corrected chi connectivity index (χ1v) is 6.64. The second-order valence-corrected chi connectivity index (χ2v) is 5.41. The smallest absolute Gasteiger partial charge is 0.214 e. The summed E-state index contributed by atoms with van der Waals surface area (Å²) in [6.07, 6.45) is 6.60. The summed E-state index contributed by atoms with van der Waals surface area (Å²) in [5.41, 5.74) is 6.68. The van der Waals surface area contributed by atoms with Crippen LogP contribution in [0.25, 0.3) is 0 Å². The molecule has 1 saturated carbocycles. The van der Waals surface area contributed by atoms with Crippen LogP contribution in [-0.2, 0) is 0 Å². The molecule has 1 aromatic rings. The molecule has 1 aliphatic rings. The number of hydrogen-bond donors (Lipinski definition) is 1. The maximum atomic E-state index is 5.92. The maximum Gasteiger partial charge on any atom is 0.214 e. The van der Waals surface area contributed by atoms with Gasteiger partial charge in [-0.2, -0.15) is 0 Å². The lowest BCUT2D eigenvalue weighted by molar-refractivity contribution is 0.394. The minimum atomic E-state index is 0.646. The van der Waals surface area contributed by atoms with Crippen molar-refractivity contribution in [3.63, 3.8) is 0 Å². The van der Waals surface area contributed by atoms with E-state index in [1.54, 1.807) is 24.9 Å². The zero-order valence-corrected chi connectivity index (χ0v) is 10.4. The van der Waals surface area contributed by atoms with Gasteiger partial charge >= 0.3 is 0 Å². The second-order valence-electron chi connectivity index (χ2n) is 4.13. The first kappa shape index (κ1) is 11.6. The molecule has 0 atom stereocenters. The summed E-state index contributed by atoms with van der Waals surface area (Å²) in [6, 6.07) is 3.68. The van der Waals surface area contributed by atoms with Crippen molar-refractivity contribution < 1.29 is 4.74 Å². The average molecular weight is 238 g/mol. The Morgan fingerprint density at radius 1 is 1.31 bits per heavy atom. The molecule has 4 heteroatoms. The second kappa shape index (κ2) is 5.43. The summed E-state index contributed by atoms with van der Waals surface area (Å²) < 4.78 is 5.12. The van der Waals surface area contributed by atoms with E-state index in [0.717, 1.165) is 10.7 Å². The summed E-state index contributed by atoms with van der Waals surface area (Å²) in [5, 5.41) is 1.60. The maximum absolute atomic E-state index is 5.92. The minimum Gasteiger partial charge on any atom is -0.481 e. The fourth-order valence-electron chi connectivity index (χ4n) is 1.98. The fourth-order valence-corrected chi connectivity index (χ4v) is 3.21. The van der Waals surface area contributed by atoms with Gasteiger partial charge < -0.3 is 10.5 Å². The van der Waals surface area contributed by atoms with Crippen LogP contribution in [0.15, 0.2) is 17.2 Å². The van der Waals surface area contributed by atoms with E-state index in [2.05, 4.69) is 4.98 Å². The van der Waals surface area contributed by atoms with Crippen molar-refractivity contribution in [3.8, 4) is 5.88 Å². The molecule has 1 aliphatic carbocycles. The topological polar surface area (TPSA) is 48.1 Å². The van der Waals surface area contributed by atoms with Crippen molar-refractivity contribution >= 4 is 17.4 Å². The number of nitrogens with zero attached hydrogens (tertiary/aromatic N) is 1. The number of rotatable bonds is 3. The molecule has 0 bridgehead atoms. The molecule has 16 heavy (non-hydrogen) atoms. The van der Waals surface area contributed by atoms with Crippen molar-refractivity contribution in [2.75, 3.05) is 12.8 Å². The number of ether oxygens (including phenoxy) is 1. The lowest BCUT2D eigenvalue weighted by atomic mass is 10.0. The van der Waals surface area contributed by atoms with Gasteiger partial charge in [-0.1, -0.05) is 19.3 Å². The Kier molecular flexibility index (Phi) is 3.93. The Labute approximate surface area is 101 Å². The van der Waals surface area contributed by atoms with Gasteiger partial charge in [0, 0.05) is 11.3 Å². The van der Waals surface area contributed by atoms with E-state index < -0.39 is 0 Å². The standard InChI is InChI=1S/C12H18N2OS/c1-15-11-8-7-10(13)12(14-11)16-9-5-3-2-4-6-9/h7-9H,2-6,13H2,1H3. The monoisotopic (exact) mass is 238 g/mol. The molecule has 88 valence electrons. The average Bonchev–Trinajstić information content (AvgIpc) is 2.33. The molecule has 3 nitrogen and oxygen atoms in total. The molecule has 2 rings (SSSR count). The highest BCUT2D eigenvalue weighted by molar-refractivity contribution is 8.00. The molecule has 0 aliphatic heterocycles. The van der Waals surface area contributed by atoms with Crippen molar-refractivity contribution in [3.05, 3.63) is 12.1 Å². The number of nitrogen functional groups attached to an aromatic ring is 1. The third-order valence-electron chi connectivity index (χ3n) is 2.90. The van der Waals surface area contributed by atoms with Crippen molar-refractivity contribution in [2.24, 2.45) is 0 Å². The van der Waals surface area contributed by atoms with Gasteiger partial charge in [0.2, 0.25) is 5.88 Å². The van der Waals surface area contributed by atoms with Gasteiger partial charge in [-0.15, -0.1) is 11.8 Å². The minimum absolute atomic E-state index is 0.646. The number of nitrogens with two attached hydrogens (primary N) is 1. The molecule has 0 spiro atoms. The molecular weight excluding hydrogens is 220 g/mol. The van der Waals surface area contributed by atoms with Crippen LogP contribution in [0.4, 0.5) is 5.69 Å². The van der Waals surface area contributed by atoms with Gasteiger partial charge in [0.25, 0.3) is 0 Å². The third-order valence-corrected chi connectivity index (χ3v) is 4.26. The molecule has 0 unspecified atom stereocenters. The van der Waals surface area contributed by atoms with Crippen LogP contribution in [0.3, 0.4) is 0 Å². The van der Waals surface area contributed by atoms with E-state index in [0.29, 0.717) is 11.1 Å². The van der Waals surface area contributed by atoms with Gasteiger partial charge in [0.15, 0.2) is 0 Å². The number of hydrogen-bond acceptors (Lipinski definition) is 4. The summed E-state index contributed by atoms with van der Waals surface area (Å²) in [6.45, 7) is 0. The zero-order chi connectivity index (χ0) is 11.4. The predicted molar refractivity (Wildman–Crippen MR) is 67.9 cm³/mol. The molecule has 0 aromatic carbocycles. The zero-order valence-electron chi connectivity index (χ0n) is 9.61. The Morgan fingerprint density at radius 2 is 2.06 bits per heavy atom. The third kappa shape index (κ3) is 2.82. The molecule has 2 N–H and O–H groups in total. The predicted octanol–water partition coefficient (Wildman–Crippen LogP) is 3.10. The molecule has 1 fully saturated rings. The van der Waals surface area contributed by atoms with E-state index in [1.807, 2.05) is 6.07 Å². The molecule has 0 amide bonds. The van der Waals surface area contributed by atoms with E-state index >= 15 is 0 Å². The van der Waals surface area contributed by atoms with Crippen LogP contribution in [0, 0.1) is 0 Å². The molecule has 0 saturated heterocycles. The van der Waals surface area contributed by atoms with Gasteiger partial charge in [-0.05, 0) is 18.9 Å². The van der Waals surface area contributed by atoms with Crippen LogP contribution in [0.2, 0.25) is 0 Å². The van der Waals surface area contributed by atoms with Gasteiger partial charge in [0.1, 0.15) is 5.03 Å². The molecule has 1 heterocycles. The Balaban J connectivity index is 2.06. The number of anilines is 1. The van der Waals surface area contributed by atoms with Crippen LogP contribution in [0.5, 0.6) is 5.88 Å². The van der Waals surface area contributed by atoms with Crippen molar-refractivity contribution in [1.82, 2.24) is 4.98 Å². The largest absolute Gasteiger partial charge is 0.481 e. The van der Waals surface area contributed by atoms with Crippen LogP contribution < -0.4 is 10.5 Å². The van der Waals surface area contributed by atoms with E-state index in [4.69, 9.17) is 10.5 Å². The SMILES string of the molecule is COc1ccc(N)c(SC2CCCCC2)n1. The highest BCUT2D eigenvalue weighted by Crippen LogP contribution is 2.35. The van der Waals surface area contributed by atoms with E-state index in [-0.39, 0.29) is 0 Å². The lowest BCUT2D eigenvalue weighted by Gasteiger charge is -2.21. The molecular formula is C12H18N2OS. The Hall–Kier alpha value is -0.900. The molecule has 0 radical (unpaired) electrons. The van der Waals surface area contributed by atoms with Crippen molar-refractivity contribution in [2.45, 2.75) is 42.4 Å². The Bertz CT molecular complexity index is 351. The Morgan fingerprint density at radius 3 is 2.75 bits per heavy atom. The van der Waals surface area contributed by atoms with Crippen LogP contribution in [0.1, 0.15) is 32.1 Å². The lowest BCUT2D eigenvalue weighted by Crippen LogP contribution is -2.09. The summed E-state index contributed by atoms with van der Waals surface area (Å²) in [7, 11) is 1.63. The van der Waals surface area contributed by atoms with Gasteiger partial charge in [0.05, 0.1) is 12.8 Å². The summed E-state index contributed by atoms with van der Waals surface area (Å²) in [5.74, 6) is 0.646. The normalized spacial score (nSPS) is 17.3.